The standard InChI is InChI=1S/C19H28N4O5S/c1-12(2)8-9-13(24)16(25)23(27)18(26)22(11-19(3,4)5)17-20-15(28-21-17)14-7-6-10-29-14/h6-7,10,12-13,24,27H,8-9,11H2,1-5H3/t13-/m0/s1. The molecule has 0 fully saturated rings. The Hall–Kier alpha value is -2.30. The lowest BCUT2D eigenvalue weighted by Gasteiger charge is -2.29. The minimum Gasteiger partial charge on any atom is -0.383 e. The lowest BCUT2D eigenvalue weighted by molar-refractivity contribution is -0.162. The molecule has 1 atom stereocenters. The summed E-state index contributed by atoms with van der Waals surface area (Å²) in [6.07, 6.45) is -0.754. The normalized spacial score (nSPS) is 12.8. The van der Waals surface area contributed by atoms with Crippen LogP contribution in [0, 0.1) is 11.3 Å². The molecule has 3 amide bonds. The van der Waals surface area contributed by atoms with E-state index in [1.165, 1.54) is 11.3 Å². The van der Waals surface area contributed by atoms with E-state index in [4.69, 9.17) is 4.52 Å². The van der Waals surface area contributed by atoms with Crippen molar-refractivity contribution in [3.63, 3.8) is 0 Å². The van der Waals surface area contributed by atoms with E-state index in [9.17, 15) is 19.9 Å². The highest BCUT2D eigenvalue weighted by Crippen LogP contribution is 2.27. The predicted molar refractivity (Wildman–Crippen MR) is 109 cm³/mol. The minimum atomic E-state index is -1.48. The van der Waals surface area contributed by atoms with Gasteiger partial charge < -0.3 is 9.63 Å². The molecule has 2 aromatic rings. The molecule has 160 valence electrons. The third-order valence-corrected chi connectivity index (χ3v) is 4.80. The van der Waals surface area contributed by atoms with Gasteiger partial charge in [0, 0.05) is 6.54 Å². The summed E-state index contributed by atoms with van der Waals surface area (Å²) in [4.78, 5) is 31.2. The monoisotopic (exact) mass is 424 g/mol. The first-order valence-corrected chi connectivity index (χ1v) is 10.3. The molecule has 0 aliphatic carbocycles. The summed E-state index contributed by atoms with van der Waals surface area (Å²) >= 11 is 1.40. The number of hydrogen-bond acceptors (Lipinski definition) is 8. The Labute approximate surface area is 173 Å². The number of urea groups is 1. The number of nitrogens with zero attached hydrogens (tertiary/aromatic N) is 4. The molecule has 10 heteroatoms. The Balaban J connectivity index is 2.22. The molecule has 0 saturated heterocycles. The number of carbonyl (C=O) groups is 2. The van der Waals surface area contributed by atoms with Crippen molar-refractivity contribution >= 4 is 29.2 Å². The van der Waals surface area contributed by atoms with Crippen LogP contribution < -0.4 is 4.90 Å². The number of rotatable bonds is 7. The summed E-state index contributed by atoms with van der Waals surface area (Å²) in [7, 11) is 0. The van der Waals surface area contributed by atoms with Crippen LogP contribution in [0.15, 0.2) is 22.0 Å². The summed E-state index contributed by atoms with van der Waals surface area (Å²) in [5, 5.41) is 25.8. The molecule has 0 aliphatic rings. The van der Waals surface area contributed by atoms with Gasteiger partial charge in [0.15, 0.2) is 0 Å². The summed E-state index contributed by atoms with van der Waals surface area (Å²) in [6, 6.07) is 2.58. The second-order valence-corrected chi connectivity index (χ2v) is 9.39. The predicted octanol–water partition coefficient (Wildman–Crippen LogP) is 3.79. The van der Waals surface area contributed by atoms with E-state index in [-0.39, 0.29) is 41.2 Å². The van der Waals surface area contributed by atoms with Crippen LogP contribution in [0.1, 0.15) is 47.5 Å². The zero-order chi connectivity index (χ0) is 21.8. The van der Waals surface area contributed by atoms with Gasteiger partial charge in [0.05, 0.1) is 4.88 Å². The van der Waals surface area contributed by atoms with Crippen LogP contribution in [0.25, 0.3) is 10.8 Å². The van der Waals surface area contributed by atoms with E-state index in [1.807, 2.05) is 46.1 Å². The maximum Gasteiger partial charge on any atom is 0.358 e. The molecule has 0 radical (unpaired) electrons. The lowest BCUT2D eigenvalue weighted by atomic mass is 9.96. The number of anilines is 1. The number of thiophene rings is 1. The fraction of sp³-hybridized carbons (Fsp3) is 0.579. The molecule has 0 spiro atoms. The van der Waals surface area contributed by atoms with Crippen LogP contribution in [0.2, 0.25) is 0 Å². The first-order chi connectivity index (χ1) is 13.5. The first-order valence-electron chi connectivity index (χ1n) is 9.39. The van der Waals surface area contributed by atoms with Gasteiger partial charge in [0.1, 0.15) is 6.10 Å². The third kappa shape index (κ3) is 6.34. The molecule has 0 unspecified atom stereocenters. The van der Waals surface area contributed by atoms with Gasteiger partial charge in [-0.15, -0.1) is 16.4 Å². The van der Waals surface area contributed by atoms with Gasteiger partial charge in [0.25, 0.3) is 17.7 Å². The van der Waals surface area contributed by atoms with Gasteiger partial charge in [0.2, 0.25) is 0 Å². The summed E-state index contributed by atoms with van der Waals surface area (Å²) < 4.78 is 5.23. The number of hydroxylamine groups is 2. The fourth-order valence-electron chi connectivity index (χ4n) is 2.49. The molecule has 0 bridgehead atoms. The molecule has 2 N–H and O–H groups in total. The van der Waals surface area contributed by atoms with Crippen LogP contribution >= 0.6 is 11.3 Å². The van der Waals surface area contributed by atoms with Crippen molar-refractivity contribution in [2.75, 3.05) is 11.4 Å². The van der Waals surface area contributed by atoms with E-state index in [2.05, 4.69) is 10.1 Å². The smallest absolute Gasteiger partial charge is 0.358 e. The second kappa shape index (κ2) is 9.47. The second-order valence-electron chi connectivity index (χ2n) is 8.44. The number of aromatic nitrogens is 2. The Kier molecular flexibility index (Phi) is 7.50. The molecule has 29 heavy (non-hydrogen) atoms. The highest BCUT2D eigenvalue weighted by atomic mass is 32.1. The largest absolute Gasteiger partial charge is 0.383 e. The van der Waals surface area contributed by atoms with Crippen molar-refractivity contribution in [1.29, 1.82) is 0 Å². The Morgan fingerprint density at radius 1 is 1.28 bits per heavy atom. The highest BCUT2D eigenvalue weighted by Gasteiger charge is 2.35. The first kappa shape index (κ1) is 23.0. The number of amides is 3. The zero-order valence-corrected chi connectivity index (χ0v) is 18.1. The van der Waals surface area contributed by atoms with Crippen molar-refractivity contribution in [3.8, 4) is 10.8 Å². The van der Waals surface area contributed by atoms with Crippen LogP contribution in [0.5, 0.6) is 0 Å². The maximum atomic E-state index is 12.9. The van der Waals surface area contributed by atoms with Gasteiger partial charge in [-0.05, 0) is 40.8 Å². The number of carbonyl (C=O) groups excluding carboxylic acids is 2. The molecule has 0 saturated carbocycles. The number of hydrogen-bond donors (Lipinski definition) is 2. The molecule has 2 heterocycles. The van der Waals surface area contributed by atoms with Gasteiger partial charge >= 0.3 is 6.03 Å². The number of aliphatic hydroxyl groups excluding tert-OH is 1. The van der Waals surface area contributed by atoms with Crippen LogP contribution in [0.3, 0.4) is 0 Å². The molecule has 0 aromatic carbocycles. The average molecular weight is 425 g/mol. The molecule has 0 aliphatic heterocycles. The fourth-order valence-corrected chi connectivity index (χ4v) is 3.13. The van der Waals surface area contributed by atoms with Crippen molar-refractivity contribution in [3.05, 3.63) is 17.5 Å². The Morgan fingerprint density at radius 2 is 1.97 bits per heavy atom. The van der Waals surface area contributed by atoms with E-state index in [1.54, 1.807) is 6.07 Å². The summed E-state index contributed by atoms with van der Waals surface area (Å²) in [5.41, 5.74) is -0.389. The maximum absolute atomic E-state index is 12.9. The van der Waals surface area contributed by atoms with Crippen molar-refractivity contribution in [2.45, 2.75) is 53.6 Å². The van der Waals surface area contributed by atoms with E-state index < -0.39 is 18.0 Å². The third-order valence-electron chi connectivity index (χ3n) is 3.94. The van der Waals surface area contributed by atoms with Crippen molar-refractivity contribution < 1.29 is 24.4 Å². The molecular formula is C19H28N4O5S. The van der Waals surface area contributed by atoms with E-state index in [0.29, 0.717) is 6.42 Å². The Bertz CT molecular complexity index is 813. The van der Waals surface area contributed by atoms with Crippen molar-refractivity contribution in [2.24, 2.45) is 11.3 Å². The van der Waals surface area contributed by atoms with Crippen molar-refractivity contribution in [1.82, 2.24) is 15.2 Å². The van der Waals surface area contributed by atoms with Crippen LogP contribution in [0.4, 0.5) is 10.7 Å². The minimum absolute atomic E-state index is 0.0715. The molecule has 9 nitrogen and oxygen atoms in total. The summed E-state index contributed by atoms with van der Waals surface area (Å²) in [6.45, 7) is 9.66. The van der Waals surface area contributed by atoms with Gasteiger partial charge in [-0.2, -0.15) is 4.98 Å². The number of aliphatic hydroxyl groups is 1. The molecule has 2 aromatic heterocycles. The molecular weight excluding hydrogens is 396 g/mol. The topological polar surface area (TPSA) is 120 Å². The lowest BCUT2D eigenvalue weighted by Crippen LogP contribution is -2.50. The molecule has 2 rings (SSSR count). The summed E-state index contributed by atoms with van der Waals surface area (Å²) in [5.74, 6) is -0.657. The Morgan fingerprint density at radius 3 is 2.52 bits per heavy atom. The van der Waals surface area contributed by atoms with Crippen LogP contribution in [-0.4, -0.2) is 50.1 Å². The number of imide groups is 1. The average Bonchev–Trinajstić information content (AvgIpc) is 3.32. The van der Waals surface area contributed by atoms with E-state index in [0.717, 1.165) is 9.78 Å². The van der Waals surface area contributed by atoms with Gasteiger partial charge in [-0.1, -0.05) is 40.7 Å². The van der Waals surface area contributed by atoms with Gasteiger partial charge in [-0.25, -0.2) is 4.79 Å². The quantitative estimate of drug-likeness (QED) is 0.512. The van der Waals surface area contributed by atoms with Crippen LogP contribution in [-0.2, 0) is 4.79 Å². The van der Waals surface area contributed by atoms with E-state index >= 15 is 0 Å². The SMILES string of the molecule is CC(C)CC[C@H](O)C(=O)N(O)C(=O)N(CC(C)(C)C)c1noc(-c2cccs2)n1. The highest BCUT2D eigenvalue weighted by molar-refractivity contribution is 7.13. The zero-order valence-electron chi connectivity index (χ0n) is 17.3. The van der Waals surface area contributed by atoms with Gasteiger partial charge in [-0.3, -0.25) is 14.9 Å².